The summed E-state index contributed by atoms with van der Waals surface area (Å²) < 4.78 is 0. The Morgan fingerprint density at radius 3 is 2.93 bits per heavy atom. The summed E-state index contributed by atoms with van der Waals surface area (Å²) >= 11 is 6.01. The zero-order valence-corrected chi connectivity index (χ0v) is 8.46. The van der Waals surface area contributed by atoms with Crippen LogP contribution in [-0.4, -0.2) is 24.1 Å². The molecule has 0 bridgehead atoms. The van der Waals surface area contributed by atoms with Crippen LogP contribution in [0.1, 0.15) is 0 Å². The number of anilines is 1. The summed E-state index contributed by atoms with van der Waals surface area (Å²) in [4.78, 5) is 3.96. The molecule has 1 aliphatic carbocycles. The normalized spacial score (nSPS) is 33.9. The molecule has 0 amide bonds. The maximum atomic E-state index is 6.01. The van der Waals surface area contributed by atoms with Crippen molar-refractivity contribution in [2.24, 2.45) is 11.8 Å². The first-order chi connectivity index (χ1) is 6.86. The molecule has 2 unspecified atom stereocenters. The topological polar surface area (TPSA) is 37.0 Å². The quantitative estimate of drug-likeness (QED) is 0.773. The Morgan fingerprint density at radius 1 is 1.43 bits per heavy atom. The Kier molecular flexibility index (Phi) is 1.89. The molecule has 74 valence electrons. The molecule has 1 aromatic rings. The van der Waals surface area contributed by atoms with Crippen molar-refractivity contribution < 1.29 is 0 Å². The molecule has 1 saturated heterocycles. The average Bonchev–Trinajstić information content (AvgIpc) is 2.64. The Balaban J connectivity index is 1.71. The molecule has 0 radical (unpaired) electrons. The molecule has 2 fully saturated rings. The van der Waals surface area contributed by atoms with Crippen molar-refractivity contribution in [2.45, 2.75) is 6.04 Å². The number of aromatic nitrogens is 1. The summed E-state index contributed by atoms with van der Waals surface area (Å²) in [5.74, 6) is 1.61. The van der Waals surface area contributed by atoms with E-state index in [0.717, 1.165) is 30.6 Å². The maximum Gasteiger partial charge on any atom is 0.0820 e. The smallest absolute Gasteiger partial charge is 0.0820 e. The van der Waals surface area contributed by atoms with E-state index in [0.29, 0.717) is 11.1 Å². The van der Waals surface area contributed by atoms with E-state index in [2.05, 4.69) is 15.6 Å². The lowest BCUT2D eigenvalue weighted by Gasteiger charge is -2.09. The van der Waals surface area contributed by atoms with Crippen LogP contribution in [0.4, 0.5) is 5.69 Å². The van der Waals surface area contributed by atoms with Gasteiger partial charge in [0, 0.05) is 31.5 Å². The van der Waals surface area contributed by atoms with Gasteiger partial charge in [-0.15, -0.1) is 0 Å². The Morgan fingerprint density at radius 2 is 2.21 bits per heavy atom. The minimum atomic E-state index is 0.621. The van der Waals surface area contributed by atoms with Crippen LogP contribution in [0.3, 0.4) is 0 Å². The second kappa shape index (κ2) is 3.11. The molecule has 1 aliphatic heterocycles. The van der Waals surface area contributed by atoms with Crippen molar-refractivity contribution in [2.75, 3.05) is 18.4 Å². The lowest BCUT2D eigenvalue weighted by molar-refractivity contribution is 0.697. The van der Waals surface area contributed by atoms with Gasteiger partial charge in [0.25, 0.3) is 0 Å². The third kappa shape index (κ3) is 1.28. The number of nitrogens with one attached hydrogen (secondary N) is 2. The zero-order chi connectivity index (χ0) is 9.54. The van der Waals surface area contributed by atoms with E-state index in [9.17, 15) is 0 Å². The second-order valence-corrected chi connectivity index (χ2v) is 4.42. The van der Waals surface area contributed by atoms with Gasteiger partial charge in [-0.3, -0.25) is 4.98 Å². The van der Waals surface area contributed by atoms with Gasteiger partial charge in [-0.2, -0.15) is 0 Å². The third-order valence-corrected chi connectivity index (χ3v) is 3.49. The summed E-state index contributed by atoms with van der Waals surface area (Å²) in [5.41, 5.74) is 1.01. The predicted molar refractivity (Wildman–Crippen MR) is 56.5 cm³/mol. The average molecular weight is 210 g/mol. The van der Waals surface area contributed by atoms with Gasteiger partial charge in [-0.25, -0.2) is 0 Å². The fourth-order valence-electron chi connectivity index (χ4n) is 2.30. The number of pyridine rings is 1. The van der Waals surface area contributed by atoms with Crippen LogP contribution < -0.4 is 10.6 Å². The minimum absolute atomic E-state index is 0.621. The van der Waals surface area contributed by atoms with E-state index in [4.69, 9.17) is 11.6 Å². The fraction of sp³-hybridized carbons (Fsp3) is 0.500. The highest BCUT2D eigenvalue weighted by atomic mass is 35.5. The molecule has 2 N–H and O–H groups in total. The molecular formula is C10H12ClN3. The van der Waals surface area contributed by atoms with Gasteiger partial charge in [-0.1, -0.05) is 11.6 Å². The standard InChI is InChI=1S/C10H12ClN3/c11-8-5-12-2-1-9(8)14-10-6-3-13-4-7(6)10/h1-2,5-7,10,13H,3-4H2,(H,12,14). The molecule has 4 heteroatoms. The van der Waals surface area contributed by atoms with E-state index in [-0.39, 0.29) is 0 Å². The Labute approximate surface area is 87.9 Å². The molecule has 2 atom stereocenters. The van der Waals surface area contributed by atoms with Crippen molar-refractivity contribution >= 4 is 17.3 Å². The van der Waals surface area contributed by atoms with Crippen molar-refractivity contribution in [1.82, 2.24) is 10.3 Å². The number of rotatable bonds is 2. The number of nitrogens with zero attached hydrogens (tertiary/aromatic N) is 1. The van der Waals surface area contributed by atoms with Gasteiger partial charge in [0.1, 0.15) is 0 Å². The van der Waals surface area contributed by atoms with Crippen LogP contribution >= 0.6 is 11.6 Å². The first-order valence-corrected chi connectivity index (χ1v) is 5.31. The molecule has 0 aromatic carbocycles. The minimum Gasteiger partial charge on any atom is -0.380 e. The summed E-state index contributed by atoms with van der Waals surface area (Å²) in [6.07, 6.45) is 3.45. The molecule has 1 aromatic heterocycles. The zero-order valence-electron chi connectivity index (χ0n) is 7.70. The highest BCUT2D eigenvalue weighted by molar-refractivity contribution is 6.33. The summed E-state index contributed by atoms with van der Waals surface area (Å²) in [6, 6.07) is 2.56. The first kappa shape index (κ1) is 8.50. The van der Waals surface area contributed by atoms with E-state index in [1.807, 2.05) is 6.07 Å². The van der Waals surface area contributed by atoms with E-state index in [1.54, 1.807) is 12.4 Å². The second-order valence-electron chi connectivity index (χ2n) is 4.01. The lowest BCUT2D eigenvalue weighted by Crippen LogP contribution is -2.21. The van der Waals surface area contributed by atoms with Crippen LogP contribution in [0.2, 0.25) is 5.02 Å². The highest BCUT2D eigenvalue weighted by Gasteiger charge is 2.52. The van der Waals surface area contributed by atoms with Crippen molar-refractivity contribution in [3.8, 4) is 0 Å². The maximum absolute atomic E-state index is 6.01. The molecule has 3 nitrogen and oxygen atoms in total. The summed E-state index contributed by atoms with van der Waals surface area (Å²) in [6.45, 7) is 2.29. The number of hydrogen-bond donors (Lipinski definition) is 2. The predicted octanol–water partition coefficient (Wildman–Crippen LogP) is 1.36. The monoisotopic (exact) mass is 209 g/mol. The molecular weight excluding hydrogens is 198 g/mol. The van der Waals surface area contributed by atoms with Crippen molar-refractivity contribution in [1.29, 1.82) is 0 Å². The van der Waals surface area contributed by atoms with Crippen LogP contribution in [0.25, 0.3) is 0 Å². The molecule has 1 saturated carbocycles. The van der Waals surface area contributed by atoms with E-state index < -0.39 is 0 Å². The molecule has 3 rings (SSSR count). The van der Waals surface area contributed by atoms with Crippen LogP contribution in [0, 0.1) is 11.8 Å². The molecule has 0 spiro atoms. The lowest BCUT2D eigenvalue weighted by atomic mass is 10.3. The van der Waals surface area contributed by atoms with E-state index in [1.165, 1.54) is 0 Å². The molecule has 2 aliphatic rings. The first-order valence-electron chi connectivity index (χ1n) is 4.93. The molecule has 14 heavy (non-hydrogen) atoms. The van der Waals surface area contributed by atoms with Crippen LogP contribution in [-0.2, 0) is 0 Å². The fourth-order valence-corrected chi connectivity index (χ4v) is 2.48. The Hall–Kier alpha value is -0.800. The van der Waals surface area contributed by atoms with Gasteiger partial charge >= 0.3 is 0 Å². The van der Waals surface area contributed by atoms with Gasteiger partial charge in [-0.05, 0) is 17.9 Å². The Bertz CT molecular complexity index is 345. The van der Waals surface area contributed by atoms with Crippen molar-refractivity contribution in [3.63, 3.8) is 0 Å². The van der Waals surface area contributed by atoms with E-state index >= 15 is 0 Å². The SMILES string of the molecule is Clc1cnccc1NC1C2CNCC21. The van der Waals surface area contributed by atoms with Gasteiger partial charge < -0.3 is 10.6 Å². The molecule has 2 heterocycles. The van der Waals surface area contributed by atoms with Gasteiger partial charge in [0.15, 0.2) is 0 Å². The van der Waals surface area contributed by atoms with Crippen LogP contribution in [0.5, 0.6) is 0 Å². The van der Waals surface area contributed by atoms with Crippen molar-refractivity contribution in [3.05, 3.63) is 23.5 Å². The highest BCUT2D eigenvalue weighted by Crippen LogP contribution is 2.44. The summed E-state index contributed by atoms with van der Waals surface area (Å²) in [7, 11) is 0. The number of halogens is 1. The number of fused-ring (bicyclic) bond motifs is 1. The van der Waals surface area contributed by atoms with Gasteiger partial charge in [0.2, 0.25) is 0 Å². The summed E-state index contributed by atoms with van der Waals surface area (Å²) in [5, 5.41) is 7.55. The third-order valence-electron chi connectivity index (χ3n) is 3.19. The number of hydrogen-bond acceptors (Lipinski definition) is 3. The van der Waals surface area contributed by atoms with Crippen LogP contribution in [0.15, 0.2) is 18.5 Å². The van der Waals surface area contributed by atoms with Gasteiger partial charge in [0.05, 0.1) is 10.7 Å². The number of piperidine rings is 1. The largest absolute Gasteiger partial charge is 0.380 e.